The maximum atomic E-state index is 12.0. The average Bonchev–Trinajstić information content (AvgIpc) is 3.24. The zero-order chi connectivity index (χ0) is 33.1. The van der Waals surface area contributed by atoms with E-state index in [0.29, 0.717) is 29.5 Å². The SMILES string of the molecule is CCCCCCC(C)(O)[C@H]1CC[C@H]2[C@@H]3C[C@H](O[Si](C)(C)C(C)(C)C)[C@H]4C[C@@H](O[Si](C)(C)C(C)(C)C)CC[C@]4(C)[C@H]3CC[C@]12C. The van der Waals surface area contributed by atoms with Crippen LogP contribution >= 0.6 is 0 Å². The smallest absolute Gasteiger partial charge is 0.192 e. The molecule has 0 aromatic rings. The Morgan fingerprint density at radius 3 is 1.84 bits per heavy atom. The normalized spacial score (nSPS) is 39.8. The first-order valence-electron chi connectivity index (χ1n) is 19.1. The lowest BCUT2D eigenvalue weighted by molar-refractivity contribution is -0.175. The van der Waals surface area contributed by atoms with Gasteiger partial charge >= 0.3 is 0 Å². The second kappa shape index (κ2) is 12.6. The van der Waals surface area contributed by atoms with E-state index in [9.17, 15) is 5.11 Å². The zero-order valence-corrected chi connectivity index (χ0v) is 34.0. The Morgan fingerprint density at radius 2 is 1.25 bits per heavy atom. The minimum Gasteiger partial charge on any atom is -0.414 e. The van der Waals surface area contributed by atoms with Crippen LogP contribution in [0, 0.1) is 40.4 Å². The Morgan fingerprint density at radius 1 is 0.682 bits per heavy atom. The van der Waals surface area contributed by atoms with Crippen LogP contribution in [0.1, 0.15) is 153 Å². The molecular formula is C39H76O3Si2. The van der Waals surface area contributed by atoms with Crippen molar-refractivity contribution in [3.05, 3.63) is 0 Å². The number of fused-ring (bicyclic) bond motifs is 5. The topological polar surface area (TPSA) is 38.7 Å². The first kappa shape index (κ1) is 37.1. The van der Waals surface area contributed by atoms with Gasteiger partial charge in [-0.2, -0.15) is 0 Å². The fraction of sp³-hybridized carbons (Fsp3) is 1.00. The summed E-state index contributed by atoms with van der Waals surface area (Å²) in [7, 11) is -3.78. The Balaban J connectivity index is 1.63. The van der Waals surface area contributed by atoms with Gasteiger partial charge in [0.05, 0.1) is 5.60 Å². The van der Waals surface area contributed by atoms with Crippen molar-refractivity contribution < 1.29 is 14.0 Å². The monoisotopic (exact) mass is 649 g/mol. The molecule has 3 nitrogen and oxygen atoms in total. The van der Waals surface area contributed by atoms with Gasteiger partial charge in [-0.25, -0.2) is 0 Å². The lowest BCUT2D eigenvalue weighted by Gasteiger charge is -2.64. The van der Waals surface area contributed by atoms with Gasteiger partial charge in [-0.1, -0.05) is 88.0 Å². The summed E-state index contributed by atoms with van der Waals surface area (Å²) in [4.78, 5) is 0. The Kier molecular flexibility index (Phi) is 10.7. The largest absolute Gasteiger partial charge is 0.414 e. The standard InChI is InChI=1S/C39H76O3Si2/c1-15-16-17-18-23-39(10,40)34-20-19-30-29-27-33(42-44(13,14)36(5,6)7)32-26-28(41-43(11,12)35(2,3)4)21-24-37(32,8)31(29)22-25-38(30,34)9/h28-34,40H,15-27H2,1-14H3/t28-,29-,30-,31-,32+,33-,34-,37+,38-,39?/m0/s1. The Hall–Kier alpha value is 0.314. The zero-order valence-electron chi connectivity index (χ0n) is 32.0. The van der Waals surface area contributed by atoms with Crippen LogP contribution in [0.2, 0.25) is 36.3 Å². The molecule has 44 heavy (non-hydrogen) atoms. The lowest BCUT2D eigenvalue weighted by atomic mass is 9.43. The van der Waals surface area contributed by atoms with Crippen LogP contribution in [0.3, 0.4) is 0 Å². The molecule has 0 saturated heterocycles. The third-order valence-corrected chi connectivity index (χ3v) is 24.5. The number of rotatable bonds is 10. The lowest BCUT2D eigenvalue weighted by Crippen LogP contribution is -2.61. The summed E-state index contributed by atoms with van der Waals surface area (Å²) in [5.74, 6) is 3.25. The van der Waals surface area contributed by atoms with Gasteiger partial charge in [-0.15, -0.1) is 0 Å². The summed E-state index contributed by atoms with van der Waals surface area (Å²) >= 11 is 0. The van der Waals surface area contributed by atoms with Gasteiger partial charge in [0, 0.05) is 12.2 Å². The summed E-state index contributed by atoms with van der Waals surface area (Å²) in [6.45, 7) is 34.0. The van der Waals surface area contributed by atoms with E-state index in [4.69, 9.17) is 8.85 Å². The summed E-state index contributed by atoms with van der Waals surface area (Å²) in [6.07, 6.45) is 16.7. The summed E-state index contributed by atoms with van der Waals surface area (Å²) < 4.78 is 14.7. The molecule has 0 aromatic heterocycles. The van der Waals surface area contributed by atoms with Crippen LogP contribution in [0.5, 0.6) is 0 Å². The van der Waals surface area contributed by atoms with Crippen molar-refractivity contribution in [2.24, 2.45) is 40.4 Å². The quantitative estimate of drug-likeness (QED) is 0.189. The van der Waals surface area contributed by atoms with Gasteiger partial charge in [-0.3, -0.25) is 0 Å². The summed E-state index contributed by atoms with van der Waals surface area (Å²) in [6, 6.07) is 0. The molecule has 4 fully saturated rings. The maximum Gasteiger partial charge on any atom is 0.192 e. The first-order valence-corrected chi connectivity index (χ1v) is 24.9. The van der Waals surface area contributed by atoms with E-state index >= 15 is 0 Å². The molecule has 10 atom stereocenters. The molecule has 0 heterocycles. The van der Waals surface area contributed by atoms with E-state index in [1.807, 2.05) is 0 Å². The molecule has 4 aliphatic rings. The number of unbranched alkanes of at least 4 members (excludes halogenated alkanes) is 3. The second-order valence-electron chi connectivity index (χ2n) is 20.3. The molecule has 0 radical (unpaired) electrons. The maximum absolute atomic E-state index is 12.0. The third kappa shape index (κ3) is 6.90. The highest BCUT2D eigenvalue weighted by atomic mass is 28.4. The molecule has 1 unspecified atom stereocenters. The summed E-state index contributed by atoms with van der Waals surface area (Å²) in [5, 5.41) is 12.4. The number of aliphatic hydroxyl groups is 1. The molecule has 0 aromatic carbocycles. The molecule has 258 valence electrons. The highest BCUT2D eigenvalue weighted by Crippen LogP contribution is 2.69. The van der Waals surface area contributed by atoms with Crippen LogP contribution < -0.4 is 0 Å². The van der Waals surface area contributed by atoms with Crippen molar-refractivity contribution in [1.29, 1.82) is 0 Å². The molecule has 0 amide bonds. The third-order valence-electron chi connectivity index (χ3n) is 15.4. The van der Waals surface area contributed by atoms with E-state index in [-0.39, 0.29) is 15.5 Å². The molecule has 1 N–H and O–H groups in total. The predicted molar refractivity (Wildman–Crippen MR) is 194 cm³/mol. The molecule has 5 heteroatoms. The second-order valence-corrected chi connectivity index (χ2v) is 29.8. The predicted octanol–water partition coefficient (Wildman–Crippen LogP) is 11.8. The van der Waals surface area contributed by atoms with E-state index < -0.39 is 22.2 Å². The molecule has 0 bridgehead atoms. The van der Waals surface area contributed by atoms with Crippen molar-refractivity contribution in [3.8, 4) is 0 Å². The van der Waals surface area contributed by atoms with Crippen LogP contribution in [-0.4, -0.2) is 39.6 Å². The molecule has 4 saturated carbocycles. The van der Waals surface area contributed by atoms with Crippen molar-refractivity contribution in [2.75, 3.05) is 0 Å². The minimum absolute atomic E-state index is 0.210. The van der Waals surface area contributed by atoms with Gasteiger partial charge in [0.25, 0.3) is 0 Å². The van der Waals surface area contributed by atoms with E-state index in [0.717, 1.165) is 24.2 Å². The van der Waals surface area contributed by atoms with Crippen LogP contribution in [0.15, 0.2) is 0 Å². The van der Waals surface area contributed by atoms with Gasteiger partial charge in [0.15, 0.2) is 16.6 Å². The molecule has 0 aliphatic heterocycles. The van der Waals surface area contributed by atoms with E-state index in [1.54, 1.807) is 0 Å². The van der Waals surface area contributed by atoms with Gasteiger partial charge in [0.2, 0.25) is 0 Å². The number of hydrogen-bond acceptors (Lipinski definition) is 3. The average molecular weight is 649 g/mol. The number of hydrogen-bond donors (Lipinski definition) is 1. The van der Waals surface area contributed by atoms with Crippen LogP contribution in [0.25, 0.3) is 0 Å². The molecular weight excluding hydrogens is 573 g/mol. The molecule has 0 spiro atoms. The van der Waals surface area contributed by atoms with Crippen molar-refractivity contribution >= 4 is 16.6 Å². The first-order chi connectivity index (χ1) is 20.0. The Bertz CT molecular complexity index is 977. The fourth-order valence-electron chi connectivity index (χ4n) is 10.7. The molecule has 4 rings (SSSR count). The van der Waals surface area contributed by atoms with Gasteiger partial charge < -0.3 is 14.0 Å². The van der Waals surface area contributed by atoms with Gasteiger partial charge in [-0.05, 0) is 141 Å². The van der Waals surface area contributed by atoms with Crippen LogP contribution in [-0.2, 0) is 8.85 Å². The Labute approximate surface area is 277 Å². The summed E-state index contributed by atoms with van der Waals surface area (Å²) in [5.41, 5.74) is 0.0372. The van der Waals surface area contributed by atoms with Gasteiger partial charge in [0.1, 0.15) is 0 Å². The van der Waals surface area contributed by atoms with E-state index in [2.05, 4.69) is 95.4 Å². The van der Waals surface area contributed by atoms with Crippen molar-refractivity contribution in [2.45, 2.75) is 207 Å². The highest BCUT2D eigenvalue weighted by Gasteiger charge is 2.65. The van der Waals surface area contributed by atoms with Crippen molar-refractivity contribution in [3.63, 3.8) is 0 Å². The minimum atomic E-state index is -1.95. The van der Waals surface area contributed by atoms with E-state index in [1.165, 1.54) is 77.0 Å². The molecule has 4 aliphatic carbocycles. The van der Waals surface area contributed by atoms with Crippen molar-refractivity contribution in [1.82, 2.24) is 0 Å². The fourth-order valence-corrected chi connectivity index (χ4v) is 13.5. The highest BCUT2D eigenvalue weighted by molar-refractivity contribution is 6.74. The van der Waals surface area contributed by atoms with Crippen LogP contribution in [0.4, 0.5) is 0 Å².